The zero-order chi connectivity index (χ0) is 17.9. The summed E-state index contributed by atoms with van der Waals surface area (Å²) >= 11 is 0. The number of nitrogens with zero attached hydrogens (tertiary/aromatic N) is 2. The van der Waals surface area contributed by atoms with Gasteiger partial charge in [0.15, 0.2) is 0 Å². The molecule has 0 spiro atoms. The van der Waals surface area contributed by atoms with E-state index in [0.29, 0.717) is 12.5 Å². The highest BCUT2D eigenvalue weighted by Crippen LogP contribution is 2.55. The first kappa shape index (κ1) is 17.3. The molecule has 24 heavy (non-hydrogen) atoms. The molecular formula is C19H30N2O3. The zero-order valence-electron chi connectivity index (χ0n) is 16.0. The molecule has 0 unspecified atom stereocenters. The van der Waals surface area contributed by atoms with E-state index in [1.165, 1.54) is 5.56 Å². The molecule has 1 aliphatic carbocycles. The molecule has 1 amide bonds. The lowest BCUT2D eigenvalue weighted by Crippen LogP contribution is -2.60. The molecule has 1 saturated heterocycles. The number of fused-ring (bicyclic) bond motifs is 2. The van der Waals surface area contributed by atoms with Crippen LogP contribution in [0.4, 0.5) is 4.79 Å². The Labute approximate surface area is 144 Å². The van der Waals surface area contributed by atoms with E-state index in [0.717, 1.165) is 18.6 Å². The smallest absolute Gasteiger partial charge is 0.410 e. The molecule has 0 bridgehead atoms. The summed E-state index contributed by atoms with van der Waals surface area (Å²) in [5, 5.41) is 4.03. The maximum atomic E-state index is 12.7. The van der Waals surface area contributed by atoms with Crippen LogP contribution in [0, 0.1) is 11.3 Å². The van der Waals surface area contributed by atoms with Crippen LogP contribution in [0.1, 0.15) is 66.2 Å². The Bertz CT molecular complexity index is 643. The third kappa shape index (κ3) is 2.72. The third-order valence-corrected chi connectivity index (χ3v) is 5.80. The van der Waals surface area contributed by atoms with Crippen molar-refractivity contribution in [3.8, 4) is 0 Å². The number of ether oxygens (including phenoxy) is 1. The molecule has 1 aromatic heterocycles. The molecule has 0 N–H and O–H groups in total. The fourth-order valence-electron chi connectivity index (χ4n) is 4.83. The minimum absolute atomic E-state index is 0.00542. The van der Waals surface area contributed by atoms with Crippen molar-refractivity contribution in [1.82, 2.24) is 10.1 Å². The third-order valence-electron chi connectivity index (χ3n) is 5.80. The van der Waals surface area contributed by atoms with Gasteiger partial charge in [-0.3, -0.25) is 0 Å². The van der Waals surface area contributed by atoms with Crippen LogP contribution in [-0.2, 0) is 16.6 Å². The summed E-state index contributed by atoms with van der Waals surface area (Å²) in [5.41, 5.74) is 0.637. The van der Waals surface area contributed by atoms with Gasteiger partial charge in [0, 0.05) is 23.6 Å². The van der Waals surface area contributed by atoms with Gasteiger partial charge in [-0.25, -0.2) is 4.79 Å². The number of aromatic nitrogens is 1. The zero-order valence-corrected chi connectivity index (χ0v) is 16.0. The molecule has 1 aliphatic heterocycles. The fourth-order valence-corrected chi connectivity index (χ4v) is 4.83. The topological polar surface area (TPSA) is 55.6 Å². The second kappa shape index (κ2) is 5.24. The first-order valence-electron chi connectivity index (χ1n) is 8.88. The number of likely N-dealkylation sites (tertiary alicyclic amines) is 1. The van der Waals surface area contributed by atoms with Gasteiger partial charge in [-0.1, -0.05) is 25.9 Å². The second-order valence-corrected chi connectivity index (χ2v) is 9.48. The van der Waals surface area contributed by atoms with Crippen LogP contribution in [0.15, 0.2) is 10.7 Å². The molecule has 0 saturated carbocycles. The summed E-state index contributed by atoms with van der Waals surface area (Å²) in [6.45, 7) is 15.4. The van der Waals surface area contributed by atoms with Crippen LogP contribution in [-0.4, -0.2) is 34.3 Å². The molecule has 0 radical (unpaired) electrons. The van der Waals surface area contributed by atoms with E-state index >= 15 is 0 Å². The van der Waals surface area contributed by atoms with Crippen molar-refractivity contribution >= 4 is 6.09 Å². The summed E-state index contributed by atoms with van der Waals surface area (Å²) < 4.78 is 11.2. The lowest BCUT2D eigenvalue weighted by Gasteiger charge is -2.56. The average Bonchev–Trinajstić information content (AvgIpc) is 2.87. The monoisotopic (exact) mass is 334 g/mol. The van der Waals surface area contributed by atoms with Crippen LogP contribution in [0.3, 0.4) is 0 Å². The molecule has 1 aromatic rings. The van der Waals surface area contributed by atoms with Crippen molar-refractivity contribution in [3.63, 3.8) is 0 Å². The second-order valence-electron chi connectivity index (χ2n) is 9.48. The van der Waals surface area contributed by atoms with Gasteiger partial charge in [-0.05, 0) is 51.9 Å². The van der Waals surface area contributed by atoms with Gasteiger partial charge in [0.1, 0.15) is 11.4 Å². The Morgan fingerprint density at radius 3 is 2.67 bits per heavy atom. The summed E-state index contributed by atoms with van der Waals surface area (Å²) in [6, 6.07) is 0.154. The molecule has 0 aromatic carbocycles. The Kier molecular flexibility index (Phi) is 3.78. The Morgan fingerprint density at radius 1 is 1.38 bits per heavy atom. The summed E-state index contributed by atoms with van der Waals surface area (Å²) in [6.07, 6.45) is 3.48. The predicted octanol–water partition coefficient (Wildman–Crippen LogP) is 4.16. The molecular weight excluding hydrogens is 304 g/mol. The molecule has 1 fully saturated rings. The lowest BCUT2D eigenvalue weighted by molar-refractivity contribution is -0.0532. The number of carbonyl (C=O) groups is 1. The standard InChI is InChI=1S/C19H30N2O3/c1-12-8-14-18(5,6)15-13(10-20-24-15)9-19(14,7)11-21(12)16(22)23-17(2,3)4/h10,12,14H,8-9,11H2,1-7H3/t12-,14-,19+/m0/s1. The number of hydrogen-bond donors (Lipinski definition) is 0. The van der Waals surface area contributed by atoms with E-state index in [9.17, 15) is 4.79 Å². The average molecular weight is 334 g/mol. The Hall–Kier alpha value is -1.52. The first-order chi connectivity index (χ1) is 10.9. The van der Waals surface area contributed by atoms with E-state index in [1.54, 1.807) is 0 Å². The molecule has 3 rings (SSSR count). The van der Waals surface area contributed by atoms with Gasteiger partial charge in [0.2, 0.25) is 0 Å². The molecule has 5 heteroatoms. The van der Waals surface area contributed by atoms with Crippen LogP contribution >= 0.6 is 0 Å². The minimum atomic E-state index is -0.470. The van der Waals surface area contributed by atoms with Gasteiger partial charge in [-0.2, -0.15) is 0 Å². The quantitative estimate of drug-likeness (QED) is 0.715. The van der Waals surface area contributed by atoms with Crippen LogP contribution in [0.2, 0.25) is 0 Å². The molecule has 2 aliphatic rings. The van der Waals surface area contributed by atoms with Crippen molar-refractivity contribution < 1.29 is 14.1 Å². The van der Waals surface area contributed by atoms with Crippen molar-refractivity contribution in [1.29, 1.82) is 0 Å². The van der Waals surface area contributed by atoms with Crippen LogP contribution < -0.4 is 0 Å². The highest BCUT2D eigenvalue weighted by Gasteiger charge is 2.56. The van der Waals surface area contributed by atoms with E-state index in [4.69, 9.17) is 9.26 Å². The van der Waals surface area contributed by atoms with Crippen LogP contribution in [0.5, 0.6) is 0 Å². The maximum absolute atomic E-state index is 12.7. The van der Waals surface area contributed by atoms with E-state index < -0.39 is 5.60 Å². The number of rotatable bonds is 0. The predicted molar refractivity (Wildman–Crippen MR) is 91.8 cm³/mol. The van der Waals surface area contributed by atoms with Gasteiger partial charge >= 0.3 is 6.09 Å². The summed E-state index contributed by atoms with van der Waals surface area (Å²) in [4.78, 5) is 14.6. The Balaban J connectivity index is 1.91. The molecule has 3 atom stereocenters. The van der Waals surface area contributed by atoms with Crippen LogP contribution in [0.25, 0.3) is 0 Å². The normalized spacial score (nSPS) is 32.0. The first-order valence-corrected chi connectivity index (χ1v) is 8.88. The molecule has 134 valence electrons. The SMILES string of the molecule is C[C@H]1C[C@H]2C(C)(C)c3oncc3C[C@]2(C)CN1C(=O)OC(C)(C)C. The largest absolute Gasteiger partial charge is 0.444 e. The van der Waals surface area contributed by atoms with Gasteiger partial charge < -0.3 is 14.2 Å². The number of amides is 1. The lowest BCUT2D eigenvalue weighted by atomic mass is 9.53. The number of piperidine rings is 1. The fraction of sp³-hybridized carbons (Fsp3) is 0.789. The van der Waals surface area contributed by atoms with Gasteiger partial charge in [0.05, 0.1) is 6.20 Å². The van der Waals surface area contributed by atoms with Crippen molar-refractivity contribution in [2.45, 2.75) is 78.4 Å². The van der Waals surface area contributed by atoms with E-state index in [-0.39, 0.29) is 23.0 Å². The Morgan fingerprint density at radius 2 is 2.04 bits per heavy atom. The van der Waals surface area contributed by atoms with Crippen molar-refractivity contribution in [3.05, 3.63) is 17.5 Å². The van der Waals surface area contributed by atoms with Gasteiger partial charge in [0.25, 0.3) is 0 Å². The van der Waals surface area contributed by atoms with E-state index in [2.05, 4.69) is 32.9 Å². The van der Waals surface area contributed by atoms with E-state index in [1.807, 2.05) is 31.9 Å². The number of hydrogen-bond acceptors (Lipinski definition) is 4. The molecule has 2 heterocycles. The molecule has 5 nitrogen and oxygen atoms in total. The maximum Gasteiger partial charge on any atom is 0.410 e. The summed E-state index contributed by atoms with van der Waals surface area (Å²) in [7, 11) is 0. The summed E-state index contributed by atoms with van der Waals surface area (Å²) in [5.74, 6) is 1.46. The highest BCUT2D eigenvalue weighted by atomic mass is 16.6. The van der Waals surface area contributed by atoms with Gasteiger partial charge in [-0.15, -0.1) is 0 Å². The minimum Gasteiger partial charge on any atom is -0.444 e. The van der Waals surface area contributed by atoms with Crippen molar-refractivity contribution in [2.24, 2.45) is 11.3 Å². The van der Waals surface area contributed by atoms with Crippen molar-refractivity contribution in [2.75, 3.05) is 6.54 Å². The highest BCUT2D eigenvalue weighted by molar-refractivity contribution is 5.69. The number of carbonyl (C=O) groups excluding carboxylic acids is 1.